The van der Waals surface area contributed by atoms with Crippen LogP contribution in [0.2, 0.25) is 0 Å². The molecule has 6 aliphatic heterocycles. The summed E-state index contributed by atoms with van der Waals surface area (Å²) < 4.78 is 190. The minimum Gasteiger partial charge on any atom is -0.780 e. The van der Waals surface area contributed by atoms with Crippen molar-refractivity contribution in [2.75, 3.05) is 146 Å². The van der Waals surface area contributed by atoms with Crippen LogP contribution >= 0.6 is 34.8 Å². The molecule has 794 valence electrons. The lowest BCUT2D eigenvalue weighted by Crippen LogP contribution is -2.43. The molecule has 0 radical (unpaired) electrons. The van der Waals surface area contributed by atoms with E-state index in [-0.39, 0.29) is 105 Å². The minimum atomic E-state index is -6.22. The molecule has 12 rings (SSSR count). The number of aryl methyl sites for hydroxylation is 6. The third kappa shape index (κ3) is 28.4. The quantitative estimate of drug-likeness (QED) is 0.0107. The first kappa shape index (κ1) is 114. The zero-order valence-corrected chi connectivity index (χ0v) is 85.7. The maximum absolute atomic E-state index is 15.5. The zero-order chi connectivity index (χ0) is 104. The number of aliphatic hydroxyl groups excluding tert-OH is 1. The van der Waals surface area contributed by atoms with Crippen LogP contribution in [0, 0.1) is 41.5 Å². The van der Waals surface area contributed by atoms with E-state index < -0.39 is 279 Å². The van der Waals surface area contributed by atoms with Gasteiger partial charge in [-0.25, -0.2) is 28.8 Å². The Bertz CT molecular complexity index is 6290. The van der Waals surface area contributed by atoms with Crippen molar-refractivity contribution in [1.29, 1.82) is 0 Å². The second-order valence-electron chi connectivity index (χ2n) is 32.8. The van der Waals surface area contributed by atoms with Gasteiger partial charge in [0, 0.05) is 113 Å². The van der Waals surface area contributed by atoms with E-state index >= 15 is 18.9 Å². The summed E-state index contributed by atoms with van der Waals surface area (Å²) in [5.74, 6) is -0.293. The van der Waals surface area contributed by atoms with E-state index in [9.17, 15) is 62.8 Å². The minimum absolute atomic E-state index is 0.0112. The summed E-state index contributed by atoms with van der Waals surface area (Å²) in [4.78, 5) is 210. The van der Waals surface area contributed by atoms with Crippen LogP contribution in [0.3, 0.4) is 0 Å². The van der Waals surface area contributed by atoms with Crippen molar-refractivity contribution >= 4 is 94.1 Å². The zero-order valence-electron chi connectivity index (χ0n) is 78.0. The number of phosphoric ester groups is 1. The van der Waals surface area contributed by atoms with E-state index in [1.54, 1.807) is 13.8 Å². The number of nitrogens with one attached hydrogen (secondary N) is 4. The number of H-pyrrole nitrogens is 4. The van der Waals surface area contributed by atoms with Crippen molar-refractivity contribution in [2.45, 2.75) is 202 Å². The van der Waals surface area contributed by atoms with Gasteiger partial charge in [-0.15, -0.1) is 0 Å². The Labute approximate surface area is 825 Å². The number of aromatic nitrogens is 12. The summed E-state index contributed by atoms with van der Waals surface area (Å²) in [5, 5.41) is 11.7. The van der Waals surface area contributed by atoms with Crippen LogP contribution in [0.1, 0.15) is 90.5 Å². The van der Waals surface area contributed by atoms with Gasteiger partial charge in [-0.2, -0.15) is 9.97 Å². The van der Waals surface area contributed by atoms with Crippen LogP contribution < -0.4 is 87.4 Å². The predicted molar refractivity (Wildman–Crippen MR) is 492 cm³/mol. The number of aliphatic hydroxyl groups is 1. The monoisotopic (exact) mass is 2190 g/mol. The van der Waals surface area contributed by atoms with Gasteiger partial charge < -0.3 is 169 Å². The van der Waals surface area contributed by atoms with Crippen molar-refractivity contribution in [3.05, 3.63) is 175 Å². The van der Waals surface area contributed by atoms with Gasteiger partial charge in [0.05, 0.1) is 111 Å². The fraction of sp³-hybridized carbons (Fsp3) is 0.684. The van der Waals surface area contributed by atoms with E-state index in [1.165, 1.54) is 80.9 Å². The molecule has 28 atom stereocenters. The Morgan fingerprint density at radius 2 is 0.676 bits per heavy atom. The molecule has 0 aromatic carbocycles. The first-order valence-electron chi connectivity index (χ1n) is 43.5. The van der Waals surface area contributed by atoms with Crippen LogP contribution in [0.4, 0.5) is 11.6 Å². The van der Waals surface area contributed by atoms with Gasteiger partial charge >= 0.3 is 34.1 Å². The summed E-state index contributed by atoms with van der Waals surface area (Å²) in [7, 11) is 0.298. The molecule has 66 heteroatoms. The Balaban J connectivity index is 0.844. The van der Waals surface area contributed by atoms with Gasteiger partial charge in [-0.05, 0) is 48.0 Å². The van der Waals surface area contributed by atoms with Gasteiger partial charge in [0.25, 0.3) is 30.1 Å². The Morgan fingerprint density at radius 1 is 0.387 bits per heavy atom. The fourth-order valence-electron chi connectivity index (χ4n) is 15.8. The van der Waals surface area contributed by atoms with E-state index in [1.807, 2.05) is 0 Å². The van der Waals surface area contributed by atoms with E-state index in [4.69, 9.17) is 180 Å². The summed E-state index contributed by atoms with van der Waals surface area (Å²) >= 11 is 22.2. The summed E-state index contributed by atoms with van der Waals surface area (Å²) in [6.45, 7) is -18.7. The van der Waals surface area contributed by atoms with Crippen molar-refractivity contribution < 1.29 is 155 Å². The molecule has 6 aromatic heterocycles. The fourth-order valence-corrected chi connectivity index (χ4v) is 22.5. The number of anilines is 2. The maximum Gasteiger partial charge on any atom is 0.351 e. The maximum atomic E-state index is 15.5. The first-order chi connectivity index (χ1) is 67.1. The highest BCUT2D eigenvalue weighted by molar-refractivity contribution is 8.32. The molecular formula is C76H108N14O43P5S4-5. The lowest BCUT2D eigenvalue weighted by molar-refractivity contribution is -0.238. The summed E-state index contributed by atoms with van der Waals surface area (Å²) in [6.07, 6.45) is -32.1. The number of phosphoric acid groups is 1. The van der Waals surface area contributed by atoms with Gasteiger partial charge in [0.15, 0.2) is 37.9 Å². The van der Waals surface area contributed by atoms with Crippen LogP contribution in [0.5, 0.6) is 0 Å². The van der Waals surface area contributed by atoms with E-state index in [2.05, 4.69) is 29.9 Å². The number of rotatable bonds is 52. The number of methoxy groups -OCH3 is 5. The molecule has 0 amide bonds. The number of hydrogen-bond donors (Lipinski definition) is 7. The third-order valence-electron chi connectivity index (χ3n) is 22.9. The lowest BCUT2D eigenvalue weighted by Gasteiger charge is -2.37. The van der Waals surface area contributed by atoms with Gasteiger partial charge in [0.1, 0.15) is 130 Å². The smallest absolute Gasteiger partial charge is 0.351 e. The Kier molecular flexibility index (Phi) is 40.1. The van der Waals surface area contributed by atoms with Crippen molar-refractivity contribution in [1.82, 2.24) is 57.3 Å². The van der Waals surface area contributed by atoms with Crippen molar-refractivity contribution in [3.8, 4) is 0 Å². The molecule has 0 spiro atoms. The highest BCUT2D eigenvalue weighted by Gasteiger charge is 2.56. The number of nitrogen functional groups attached to an aromatic ring is 2. The molecule has 6 aromatic rings. The van der Waals surface area contributed by atoms with Crippen LogP contribution in [-0.4, -0.2) is 301 Å². The second-order valence-corrected chi connectivity index (χ2v) is 45.0. The third-order valence-corrected chi connectivity index (χ3v) is 30.1. The molecule has 0 aliphatic carbocycles. The van der Waals surface area contributed by atoms with E-state index in [0.29, 0.717) is 5.56 Å². The van der Waals surface area contributed by atoms with Crippen LogP contribution in [0.25, 0.3) is 0 Å². The molecule has 12 heterocycles. The van der Waals surface area contributed by atoms with Gasteiger partial charge in [-0.1, -0.05) is 42.3 Å². The van der Waals surface area contributed by atoms with E-state index in [0.717, 1.165) is 53.8 Å². The molecule has 6 saturated heterocycles. The second kappa shape index (κ2) is 49.8. The molecule has 6 fully saturated rings. The molecule has 142 heavy (non-hydrogen) atoms. The number of hydrogen-bond acceptors (Lipinski definition) is 51. The molecule has 6 aliphatic rings. The average molecular weight is 2190 g/mol. The topological polar surface area (TPSA) is 728 Å². The Morgan fingerprint density at radius 3 is 1.04 bits per heavy atom. The largest absolute Gasteiger partial charge is 0.780 e. The van der Waals surface area contributed by atoms with Gasteiger partial charge in [0.2, 0.25) is 0 Å². The summed E-state index contributed by atoms with van der Waals surface area (Å²) in [6, 6.07) is 0. The SMILES string of the molecule is CC[C@H]1O[C@@H](n2cc(C)c(N)nc2=O)CC1OP([O-])(=S)OC[C@H]1O[C@@H](n2cc(C)c(=O)[nH]c2=O)[C@@H](OCCOC)C1OP(=O)([S-])OC[C@H]1O[C@@H](n2cc(C)c(=O)[nH]c2=O)[C@@H](OCCOC)C1OP(=O)([O-])OC[C@H]1O[C@@H](n2cc(C)c(N)nc2=O)[C@@H](OCCOC)C1OP([O-])(=S)OC[C@H]1O[C@@H](n2cc(C)c(=O)[nH]c2=O)[C@@H](OCCOC)C1OP([O-])(=S)OC[C@H]1O[C@@H](n2cc(C)c(=O)[nH]c2=O)[C@@H](OCCOC)C1O. The average Bonchev–Trinajstić information content (AvgIpc) is 1.62. The standard InChI is InChI=1S/C76H113N14O43P5S4/c1-13-42-43(24-49(123-42)85-25-36(2)60(77)79-71(85)96)129-135(104,139)120-34-47-53(58(116-22-17-111-11)69(127-47)89-29-40(6)64(94)83-75(89)100)133-137(106,141)121-33-46-51(56(114-20-15-109-9)67(126-46)88-28-39(5)63(93)82-74(88)99)130-134(102,103)118-32-45-52(57(115-21-16-110-10)68(125-45)86-26-37(3)61(78)80-72(86)97)131-138(107,142)122-35-48-54(59(117-23-18-112-12)70(128-48)90-30-41(7)65(95)84-76(90)101)132-136(105,140)119-31-44-50(91)55(113-19-14-108-8)66(124-44)87-27-38(4)62(92)81-73(87)98/h25-30,42-59,66-70,91H,13-24,31-35H2,1-12H3,(H,102,103)(H,104,139)(H,105,140)(H,106,141)(H,107,142)(H2,77,79,96)(H2,78,80,97)(H,81,92,98)(H,82,93,99)(H,83,94,100)(H,84,95,101)/p-5/t42-,43?,44-,45-,46-,47-,48-,49-,50?,51?,52?,53?,54?,55+,56+,57+,58+,59+,66-,67-,68-,69-,70-,135?,136?,137?,138?/m1/s1. The number of ether oxygens (including phenoxy) is 16. The molecule has 11 unspecified atom stereocenters. The number of nitrogens with two attached hydrogens (primary N) is 2. The Hall–Kier alpha value is -6.40. The predicted octanol–water partition coefficient (Wildman–Crippen LogP) is -4.69. The van der Waals surface area contributed by atoms with Crippen LogP contribution in [-0.2, 0) is 178 Å². The molecule has 57 nitrogen and oxygen atoms in total. The van der Waals surface area contributed by atoms with Crippen molar-refractivity contribution in [3.63, 3.8) is 0 Å². The highest BCUT2D eigenvalue weighted by Crippen LogP contribution is 2.56. The first-order valence-corrected chi connectivity index (χ1v) is 55.1. The number of nitrogens with zero attached hydrogens (tertiary/aromatic N) is 8. The van der Waals surface area contributed by atoms with Crippen molar-refractivity contribution in [2.24, 2.45) is 0 Å². The summed E-state index contributed by atoms with van der Waals surface area (Å²) in [5.41, 5.74) is 2.87. The lowest BCUT2D eigenvalue weighted by atomic mass is 10.1. The normalized spacial score (nSPS) is 29.4. The molecule has 0 saturated carbocycles. The molecular weight excluding hydrogens is 2080 g/mol. The molecule has 9 N–H and O–H groups in total. The molecule has 0 bridgehead atoms. The number of aromatic amines is 4. The van der Waals surface area contributed by atoms with Gasteiger partial charge in [-0.3, -0.25) is 75.6 Å². The highest BCUT2D eigenvalue weighted by atomic mass is 32.7. The van der Waals surface area contributed by atoms with Crippen LogP contribution in [0.15, 0.2) is 85.1 Å².